The van der Waals surface area contributed by atoms with E-state index in [0.717, 1.165) is 11.1 Å². The van der Waals surface area contributed by atoms with Crippen LogP contribution in [-0.4, -0.2) is 133 Å². The van der Waals surface area contributed by atoms with Crippen molar-refractivity contribution < 1.29 is 89.3 Å². The van der Waals surface area contributed by atoms with Gasteiger partial charge < -0.3 is 84.0 Å². The van der Waals surface area contributed by atoms with Crippen molar-refractivity contribution in [3.63, 3.8) is 0 Å². The number of allylic oxidation sites excluding steroid dienone is 6. The number of phosphoric acid groups is 1. The second kappa shape index (κ2) is 27.8. The van der Waals surface area contributed by atoms with Crippen molar-refractivity contribution >= 4 is 77.3 Å². The third-order valence-corrected chi connectivity index (χ3v) is 21.6. The zero-order chi connectivity index (χ0) is 66.7. The summed E-state index contributed by atoms with van der Waals surface area (Å²) in [7, 11) is -5.32. The molecular formula is C62H89CoN13O15P. The topological polar surface area (TPSA) is 495 Å². The fraction of sp³-hybridized carbons (Fsp3) is 0.629. The minimum absolute atomic E-state index is 0. The molecule has 2 fully saturated rings. The molecule has 7 amide bonds. The standard InChI is InChI=1S/C62H90N13O14P.Co.H2O/c1-29-20-39-40(21-30(29)2)75(28-70-39)57-52(84)53(41(27-76)87-57)89-90(85,86)88-31(3)26-69-49(83)18-19-59(8)37(22-46(66)80)56-62(11)61(10,25-48(68)82)36(14-17-45(65)79)51(74-62)33(5)55-60(9,24-47(67)81)34(12-15-43(63)77)38(71-55)23-42-58(6,7)35(13-16-44(64)78)50(72-42)32(4)54(59)73-56;;/h20-21,23,28,31,34-37,41,52-53,56-57,76,84H,12-19,22,24-27H2,1-11H3,(H15,63,64,65,66,67,68,69,71,72,73,74,77,78,79,80,81,82,83,85,86);;1H2/q;+3;/p-3. The number of carbonyl (C=O) groups excluding carboxylic acids is 7. The summed E-state index contributed by atoms with van der Waals surface area (Å²) in [5, 5.41) is 30.1. The third kappa shape index (κ3) is 14.1. The Hall–Kier alpha value is -6.53. The van der Waals surface area contributed by atoms with Gasteiger partial charge in [-0.2, -0.15) is 5.70 Å². The summed E-state index contributed by atoms with van der Waals surface area (Å²) >= 11 is 0. The molecule has 1 aromatic carbocycles. The van der Waals surface area contributed by atoms with Gasteiger partial charge in [-0.3, -0.25) is 53.1 Å². The Bertz CT molecular complexity index is 3550. The Kier molecular flexibility index (Phi) is 22.5. The molecule has 92 heavy (non-hydrogen) atoms. The van der Waals surface area contributed by atoms with E-state index < -0.39 is 143 Å². The van der Waals surface area contributed by atoms with E-state index in [2.05, 4.69) is 10.3 Å². The fourth-order valence-electron chi connectivity index (χ4n) is 15.3. The van der Waals surface area contributed by atoms with Crippen LogP contribution in [0.15, 0.2) is 67.8 Å². The van der Waals surface area contributed by atoms with Gasteiger partial charge in [-0.15, -0.1) is 0 Å². The van der Waals surface area contributed by atoms with Gasteiger partial charge in [0.15, 0.2) is 6.23 Å². The molecule has 2 saturated heterocycles. The van der Waals surface area contributed by atoms with E-state index in [1.165, 1.54) is 17.8 Å². The smallest absolute Gasteiger partial charge is 0.870 e. The number of amides is 7. The van der Waals surface area contributed by atoms with Gasteiger partial charge >= 0.3 is 16.8 Å². The maximum atomic E-state index is 14.4. The maximum Gasteiger partial charge on any atom is 3.00 e. The number of aryl methyl sites for hydroxylation is 2. The largest absolute Gasteiger partial charge is 3.00 e. The van der Waals surface area contributed by atoms with Crippen LogP contribution in [0.5, 0.6) is 0 Å². The molecule has 506 valence electrons. The molecule has 0 radical (unpaired) electrons. The molecule has 7 heterocycles. The number of imidazole rings is 1. The quantitative estimate of drug-likeness (QED) is 0.0611. The maximum absolute atomic E-state index is 14.4. The second-order valence-electron chi connectivity index (χ2n) is 27.0. The van der Waals surface area contributed by atoms with Gasteiger partial charge in [-0.1, -0.05) is 40.7 Å². The number of aliphatic hydroxyl groups is 2. The number of aliphatic hydroxyl groups excluding tert-OH is 2. The monoisotopic (exact) mass is 1350 g/mol. The number of aromatic nitrogens is 2. The molecule has 0 saturated carbocycles. The number of fused-ring (bicyclic) bond motifs is 7. The number of aliphatic imine (C=N–C) groups is 3. The first-order valence-corrected chi connectivity index (χ1v) is 32.0. The normalized spacial score (nSPS) is 32.7. The fourth-order valence-corrected chi connectivity index (χ4v) is 16.4. The molecule has 2 aromatic rings. The van der Waals surface area contributed by atoms with E-state index in [9.17, 15) is 53.2 Å². The first-order chi connectivity index (χ1) is 41.8. The average Bonchev–Trinajstić information content (AvgIpc) is 1.53. The van der Waals surface area contributed by atoms with Crippen LogP contribution in [-0.2, 0) is 68.7 Å². The minimum atomic E-state index is -5.32. The van der Waals surface area contributed by atoms with Crippen molar-refractivity contribution in [2.24, 2.45) is 94.7 Å². The first-order valence-electron chi connectivity index (χ1n) is 30.5. The van der Waals surface area contributed by atoms with Crippen LogP contribution >= 0.6 is 7.82 Å². The molecule has 16 N–H and O–H groups in total. The zero-order valence-corrected chi connectivity index (χ0v) is 55.9. The summed E-state index contributed by atoms with van der Waals surface area (Å²) in [6.07, 6.45) is -4.79. The van der Waals surface area contributed by atoms with Gasteiger partial charge in [0.05, 0.1) is 41.3 Å². The van der Waals surface area contributed by atoms with Crippen LogP contribution in [0.2, 0.25) is 0 Å². The molecule has 1 aromatic heterocycles. The summed E-state index contributed by atoms with van der Waals surface area (Å²) in [6.45, 7) is 19.0. The van der Waals surface area contributed by atoms with Gasteiger partial charge in [0.2, 0.25) is 41.4 Å². The van der Waals surface area contributed by atoms with Crippen molar-refractivity contribution in [2.45, 2.75) is 189 Å². The van der Waals surface area contributed by atoms with Crippen molar-refractivity contribution in [3.05, 3.63) is 69.2 Å². The van der Waals surface area contributed by atoms with E-state index in [0.29, 0.717) is 56.4 Å². The molecule has 6 aliphatic rings. The number of primary amides is 6. The minimum Gasteiger partial charge on any atom is -0.870 e. The number of hydrogen-bond acceptors (Lipinski definition) is 19. The Morgan fingerprint density at radius 2 is 1.38 bits per heavy atom. The van der Waals surface area contributed by atoms with Gasteiger partial charge in [-0.25, -0.2) is 4.98 Å². The van der Waals surface area contributed by atoms with Crippen LogP contribution in [0.4, 0.5) is 0 Å². The van der Waals surface area contributed by atoms with E-state index in [4.69, 9.17) is 68.5 Å². The van der Waals surface area contributed by atoms with Crippen LogP contribution < -0.4 is 44.6 Å². The molecule has 15 unspecified atom stereocenters. The summed E-state index contributed by atoms with van der Waals surface area (Å²) in [5.41, 5.74) is 36.7. The summed E-state index contributed by atoms with van der Waals surface area (Å²) in [5.74, 6) is -7.40. The van der Waals surface area contributed by atoms with Crippen LogP contribution in [0.3, 0.4) is 0 Å². The molecule has 0 aliphatic carbocycles. The Morgan fingerprint density at radius 3 is 1.96 bits per heavy atom. The number of rotatable bonds is 26. The molecular weight excluding hydrogens is 1260 g/mol. The summed E-state index contributed by atoms with van der Waals surface area (Å²) < 4.78 is 31.9. The predicted octanol–water partition coefficient (Wildman–Crippen LogP) is 3.14. The predicted molar refractivity (Wildman–Crippen MR) is 334 cm³/mol. The van der Waals surface area contributed by atoms with Crippen LogP contribution in [0, 0.1) is 59.2 Å². The van der Waals surface area contributed by atoms with Gasteiger partial charge in [0.1, 0.15) is 18.3 Å². The number of nitrogens with one attached hydrogen (secondary N) is 1. The number of nitrogens with zero attached hydrogens (tertiary/aromatic N) is 6. The molecule has 8 bridgehead atoms. The molecule has 15 atom stereocenters. The zero-order valence-electron chi connectivity index (χ0n) is 53.9. The number of phosphoric ester groups is 1. The summed E-state index contributed by atoms with van der Waals surface area (Å²) in [4.78, 5) is 128. The molecule has 8 rings (SSSR count). The number of ether oxygens (including phenoxy) is 1. The van der Waals surface area contributed by atoms with E-state index in [1.807, 2.05) is 80.5 Å². The van der Waals surface area contributed by atoms with Gasteiger partial charge in [0.25, 0.3) is 7.82 Å². The number of hydrogen-bond donors (Lipinski definition) is 9. The molecule has 0 spiro atoms. The van der Waals surface area contributed by atoms with E-state index >= 15 is 0 Å². The Labute approximate surface area is 545 Å². The number of benzene rings is 1. The van der Waals surface area contributed by atoms with Crippen LogP contribution in [0.25, 0.3) is 16.4 Å². The molecule has 28 nitrogen and oxygen atoms in total. The number of nitrogens with two attached hydrogens (primary N) is 6. The van der Waals surface area contributed by atoms with E-state index in [-0.39, 0.29) is 99.4 Å². The average molecular weight is 1350 g/mol. The molecule has 6 aliphatic heterocycles. The van der Waals surface area contributed by atoms with Gasteiger partial charge in [0, 0.05) is 108 Å². The SMILES string of the molecule is CC1=C2[N-]C(C(CC(N)=O)C2(C)CCC(=O)NCC(C)OP(=O)([O-])OC2C(CO)OC(n3cnc4cc(C)c(C)cc43)C2O)C2(C)N=C(/C(C)=C3N=C(/C=C4\N=C1C(CCC(N)=O)C4(C)C)C(CCC(N)=O)C\3(C)CC(N)=O)C(CCC(N)=O)C2(C)CC(N)=O.[Co+3].[OH-]. The summed E-state index contributed by atoms with van der Waals surface area (Å²) in [6, 6.07) is 2.65. The Balaban J connectivity index is 0.00000672. The van der Waals surface area contributed by atoms with Crippen molar-refractivity contribution in [1.82, 2.24) is 14.9 Å². The Morgan fingerprint density at radius 1 is 0.793 bits per heavy atom. The van der Waals surface area contributed by atoms with Crippen molar-refractivity contribution in [2.75, 3.05) is 13.2 Å². The van der Waals surface area contributed by atoms with E-state index in [1.54, 1.807) is 6.92 Å². The second-order valence-corrected chi connectivity index (χ2v) is 28.3. The number of carbonyl (C=O) groups is 7. The third-order valence-electron chi connectivity index (χ3n) is 20.5. The van der Waals surface area contributed by atoms with Crippen molar-refractivity contribution in [3.8, 4) is 0 Å². The molecule has 30 heteroatoms. The van der Waals surface area contributed by atoms with Gasteiger partial charge in [-0.05, 0) is 119 Å². The first kappa shape index (κ1) is 74.5. The van der Waals surface area contributed by atoms with Crippen molar-refractivity contribution in [1.29, 1.82) is 0 Å². The van der Waals surface area contributed by atoms with Crippen LogP contribution in [0.1, 0.15) is 150 Å².